The van der Waals surface area contributed by atoms with Crippen LogP contribution in [0.4, 0.5) is 0 Å². The molecule has 1 N–H and O–H groups in total. The first-order chi connectivity index (χ1) is 5.71. The summed E-state index contributed by atoms with van der Waals surface area (Å²) in [5.41, 5.74) is 0.0243. The summed E-state index contributed by atoms with van der Waals surface area (Å²) in [6.07, 6.45) is 5.61. The van der Waals surface area contributed by atoms with Gasteiger partial charge in [0.1, 0.15) is 5.78 Å². The van der Waals surface area contributed by atoms with Crippen molar-refractivity contribution < 1.29 is 9.90 Å². The van der Waals surface area contributed by atoms with Crippen molar-refractivity contribution >= 4 is 5.78 Å². The van der Waals surface area contributed by atoms with Crippen LogP contribution in [0.5, 0.6) is 0 Å². The van der Waals surface area contributed by atoms with E-state index in [0.29, 0.717) is 5.78 Å². The molecule has 3 rings (SSSR count). The average Bonchev–Trinajstić information content (AvgIpc) is 2.28. The minimum absolute atomic E-state index is 0.243. The van der Waals surface area contributed by atoms with Gasteiger partial charge in [-0.05, 0) is 37.5 Å². The first-order valence-electron chi connectivity index (χ1n) is 4.93. The second-order valence-corrected chi connectivity index (χ2v) is 4.73. The lowest BCUT2D eigenvalue weighted by molar-refractivity contribution is -0.148. The number of hydrogen-bond donors (Lipinski definition) is 1. The van der Waals surface area contributed by atoms with Gasteiger partial charge in [-0.2, -0.15) is 0 Å². The maximum atomic E-state index is 11.7. The quantitative estimate of drug-likeness (QED) is 0.588. The molecule has 0 aliphatic heterocycles. The van der Waals surface area contributed by atoms with Crippen LogP contribution in [0.15, 0.2) is 0 Å². The van der Waals surface area contributed by atoms with Gasteiger partial charge in [0.2, 0.25) is 0 Å². The Morgan fingerprint density at radius 1 is 1.25 bits per heavy atom. The van der Waals surface area contributed by atoms with Crippen LogP contribution in [0.25, 0.3) is 0 Å². The lowest BCUT2D eigenvalue weighted by Gasteiger charge is -2.51. The lowest BCUT2D eigenvalue weighted by Crippen LogP contribution is -2.52. The third-order valence-electron chi connectivity index (χ3n) is 4.74. The van der Waals surface area contributed by atoms with Gasteiger partial charge < -0.3 is 5.11 Å². The van der Waals surface area contributed by atoms with Gasteiger partial charge in [-0.25, -0.2) is 0 Å². The Hall–Kier alpha value is -0.370. The molecule has 0 aromatic heterocycles. The van der Waals surface area contributed by atoms with Crippen LogP contribution >= 0.6 is 0 Å². The van der Waals surface area contributed by atoms with Crippen LogP contribution in [0.3, 0.4) is 0 Å². The van der Waals surface area contributed by atoms with Gasteiger partial charge in [0.05, 0.1) is 11.5 Å². The van der Waals surface area contributed by atoms with Crippen LogP contribution in [0, 0.1) is 10.8 Å². The summed E-state index contributed by atoms with van der Waals surface area (Å²) in [4.78, 5) is 11.7. The van der Waals surface area contributed by atoms with Gasteiger partial charge in [-0.15, -0.1) is 0 Å². The molecule has 0 amide bonds. The smallest absolute Gasteiger partial charge is 0.142 e. The highest BCUT2D eigenvalue weighted by Gasteiger charge is 2.72. The minimum atomic E-state index is -0.304. The molecular formula is C10H14O2. The highest BCUT2D eigenvalue weighted by molar-refractivity contribution is 5.90. The second-order valence-electron chi connectivity index (χ2n) is 4.73. The summed E-state index contributed by atoms with van der Waals surface area (Å²) >= 11 is 0. The van der Waals surface area contributed by atoms with Gasteiger partial charge in [0.25, 0.3) is 0 Å². The third kappa shape index (κ3) is 0.457. The van der Waals surface area contributed by atoms with Crippen molar-refractivity contribution in [2.24, 2.45) is 10.8 Å². The molecule has 0 saturated heterocycles. The van der Waals surface area contributed by atoms with Crippen molar-refractivity contribution in [2.45, 2.75) is 44.6 Å². The summed E-state index contributed by atoms with van der Waals surface area (Å²) in [7, 11) is 0. The highest BCUT2D eigenvalue weighted by Crippen LogP contribution is 2.72. The molecule has 2 nitrogen and oxygen atoms in total. The van der Waals surface area contributed by atoms with Crippen molar-refractivity contribution in [1.82, 2.24) is 0 Å². The number of Topliss-reactive ketones (excluding diaryl/α,β-unsaturated/α-hetero) is 1. The molecule has 3 saturated carbocycles. The van der Waals surface area contributed by atoms with E-state index in [2.05, 4.69) is 0 Å². The van der Waals surface area contributed by atoms with Gasteiger partial charge in [0.15, 0.2) is 0 Å². The van der Waals surface area contributed by atoms with Crippen LogP contribution in [0.2, 0.25) is 0 Å². The fraction of sp³-hybridized carbons (Fsp3) is 0.900. The Balaban J connectivity index is 2.12. The maximum absolute atomic E-state index is 11.7. The number of carbonyl (C=O) groups excluding carboxylic acids is 1. The number of aliphatic hydroxyl groups is 1. The second kappa shape index (κ2) is 1.77. The summed E-state index contributed by atoms with van der Waals surface area (Å²) < 4.78 is 0. The molecule has 66 valence electrons. The monoisotopic (exact) mass is 166 g/mol. The van der Waals surface area contributed by atoms with E-state index < -0.39 is 0 Å². The molecule has 0 aromatic carbocycles. The van der Waals surface area contributed by atoms with Crippen LogP contribution in [-0.2, 0) is 4.79 Å². The summed E-state index contributed by atoms with van der Waals surface area (Å²) in [6, 6.07) is 0. The van der Waals surface area contributed by atoms with E-state index in [-0.39, 0.29) is 16.9 Å². The molecule has 2 heteroatoms. The fourth-order valence-corrected chi connectivity index (χ4v) is 3.95. The van der Waals surface area contributed by atoms with E-state index in [0.717, 1.165) is 32.1 Å². The predicted octanol–water partition coefficient (Wildman–Crippen LogP) is 1.27. The molecule has 3 fully saturated rings. The number of hydrogen-bond acceptors (Lipinski definition) is 2. The Labute approximate surface area is 72.0 Å². The Morgan fingerprint density at radius 3 is 2.67 bits per heavy atom. The van der Waals surface area contributed by atoms with Crippen molar-refractivity contribution in [1.29, 1.82) is 0 Å². The fourth-order valence-electron chi connectivity index (χ4n) is 3.95. The zero-order valence-corrected chi connectivity index (χ0v) is 7.18. The Bertz CT molecular complexity index is 261. The van der Waals surface area contributed by atoms with Crippen molar-refractivity contribution in [2.75, 3.05) is 0 Å². The molecule has 3 atom stereocenters. The number of carbonyl (C=O) groups is 1. The molecule has 0 bridgehead atoms. The highest BCUT2D eigenvalue weighted by atomic mass is 16.3. The Morgan fingerprint density at radius 2 is 2.08 bits per heavy atom. The number of aliphatic hydroxyl groups excluding tert-OH is 1. The van der Waals surface area contributed by atoms with E-state index in [1.54, 1.807) is 0 Å². The van der Waals surface area contributed by atoms with Crippen LogP contribution < -0.4 is 0 Å². The molecule has 0 radical (unpaired) electrons. The number of rotatable bonds is 0. The average molecular weight is 166 g/mol. The van der Waals surface area contributed by atoms with E-state index in [9.17, 15) is 9.90 Å². The van der Waals surface area contributed by atoms with Crippen LogP contribution in [-0.4, -0.2) is 17.0 Å². The van der Waals surface area contributed by atoms with Gasteiger partial charge in [-0.1, -0.05) is 0 Å². The molecule has 0 aromatic rings. The normalized spacial score (nSPS) is 56.4. The number of ketones is 1. The summed E-state index contributed by atoms with van der Waals surface area (Å²) in [6.45, 7) is 0. The van der Waals surface area contributed by atoms with Crippen LogP contribution in [0.1, 0.15) is 38.5 Å². The van der Waals surface area contributed by atoms with Gasteiger partial charge in [-0.3, -0.25) is 4.79 Å². The molecule has 3 aliphatic rings. The van der Waals surface area contributed by atoms with E-state index in [1.165, 1.54) is 6.42 Å². The maximum Gasteiger partial charge on any atom is 0.142 e. The van der Waals surface area contributed by atoms with Crippen molar-refractivity contribution in [3.8, 4) is 0 Å². The zero-order chi connectivity index (χ0) is 8.40. The molecule has 0 unspecified atom stereocenters. The van der Waals surface area contributed by atoms with E-state index in [1.807, 2.05) is 0 Å². The topological polar surface area (TPSA) is 37.3 Å². The first-order valence-corrected chi connectivity index (χ1v) is 4.93. The summed E-state index contributed by atoms with van der Waals surface area (Å²) in [5.74, 6) is 0.360. The minimum Gasteiger partial charge on any atom is -0.392 e. The standard InChI is InChI=1S/C10H14O2/c11-7-1-3-9-4-2-8(12)10(7,9)6-5-9/h7,11H,1-6H2/t7-,9-,10+/m0/s1. The van der Waals surface area contributed by atoms with Gasteiger partial charge in [0, 0.05) is 6.42 Å². The largest absolute Gasteiger partial charge is 0.392 e. The predicted molar refractivity (Wildman–Crippen MR) is 43.6 cm³/mol. The third-order valence-corrected chi connectivity index (χ3v) is 4.74. The summed E-state index contributed by atoms with van der Waals surface area (Å²) in [5, 5.41) is 9.82. The molecular weight excluding hydrogens is 152 g/mol. The SMILES string of the molecule is O=C1CC[C@]23CC[C@H](O)[C@]12CC3. The lowest BCUT2D eigenvalue weighted by atomic mass is 9.52. The van der Waals surface area contributed by atoms with Crippen molar-refractivity contribution in [3.63, 3.8) is 0 Å². The molecule has 0 heterocycles. The first kappa shape index (κ1) is 7.07. The van der Waals surface area contributed by atoms with E-state index in [4.69, 9.17) is 0 Å². The molecule has 12 heavy (non-hydrogen) atoms. The Kier molecular flexibility index (Phi) is 1.04. The molecule has 3 aliphatic carbocycles. The van der Waals surface area contributed by atoms with Gasteiger partial charge >= 0.3 is 0 Å². The zero-order valence-electron chi connectivity index (χ0n) is 7.18. The molecule has 0 spiro atoms. The van der Waals surface area contributed by atoms with Crippen molar-refractivity contribution in [3.05, 3.63) is 0 Å². The van der Waals surface area contributed by atoms with E-state index >= 15 is 0 Å².